The fourth-order valence-corrected chi connectivity index (χ4v) is 2.88. The van der Waals surface area contributed by atoms with Crippen LogP contribution < -0.4 is 5.32 Å². The zero-order chi connectivity index (χ0) is 13.3. The average Bonchev–Trinajstić information content (AvgIpc) is 2.42. The van der Waals surface area contributed by atoms with E-state index in [0.717, 1.165) is 44.4 Å². The number of rotatable bonds is 0. The number of amides is 1. The highest BCUT2D eigenvalue weighted by Gasteiger charge is 2.02. The first-order valence-corrected chi connectivity index (χ1v) is 7.96. The van der Waals surface area contributed by atoms with Crippen LogP contribution in [0.5, 0.6) is 0 Å². The molecule has 0 saturated heterocycles. The van der Waals surface area contributed by atoms with Crippen LogP contribution in [-0.4, -0.2) is 17.5 Å². The fourth-order valence-electron chi connectivity index (χ4n) is 2.14. The molecule has 0 aliphatic carbocycles. The van der Waals surface area contributed by atoms with Crippen LogP contribution in [0.2, 0.25) is 0 Å². The van der Waals surface area contributed by atoms with Crippen LogP contribution in [0.3, 0.4) is 0 Å². The summed E-state index contributed by atoms with van der Waals surface area (Å²) in [4.78, 5) is 11.6. The average molecular weight is 275 g/mol. The minimum Gasteiger partial charge on any atom is -0.347 e. The Balaban J connectivity index is 1.99. The molecule has 0 fully saturated rings. The zero-order valence-corrected chi connectivity index (χ0v) is 12.0. The van der Waals surface area contributed by atoms with Crippen molar-refractivity contribution >= 4 is 17.0 Å². The third kappa shape index (κ3) is 5.52. The maximum Gasteiger partial charge on any atom is 0.279 e. The molecule has 1 aliphatic heterocycles. The minimum atomic E-state index is 0.113. The summed E-state index contributed by atoms with van der Waals surface area (Å²) in [6.45, 7) is 0.727. The number of carbonyl (C=O) groups excluding carboxylic acids is 1. The molecule has 3 heteroatoms. The second-order valence-corrected chi connectivity index (χ2v) is 5.87. The molecule has 0 spiro atoms. The van der Waals surface area contributed by atoms with Crippen LogP contribution in [0.25, 0.3) is 0 Å². The van der Waals surface area contributed by atoms with Gasteiger partial charge in [-0.2, -0.15) is 0 Å². The van der Waals surface area contributed by atoms with Crippen LogP contribution in [0, 0.1) is 0 Å². The smallest absolute Gasteiger partial charge is 0.279 e. The van der Waals surface area contributed by atoms with Crippen molar-refractivity contribution in [3.8, 4) is 0 Å². The van der Waals surface area contributed by atoms with E-state index in [9.17, 15) is 4.79 Å². The molecule has 2 bridgehead atoms. The summed E-state index contributed by atoms with van der Waals surface area (Å²) in [6, 6.07) is 8.64. The van der Waals surface area contributed by atoms with Crippen LogP contribution in [0.1, 0.15) is 30.4 Å². The first kappa shape index (κ1) is 14.2. The Hall–Kier alpha value is -1.22. The van der Waals surface area contributed by atoms with Gasteiger partial charge >= 0.3 is 0 Å². The molecule has 102 valence electrons. The molecule has 1 aromatic rings. The number of nitrogens with one attached hydrogen (secondary N) is 1. The van der Waals surface area contributed by atoms with E-state index in [1.807, 2.05) is 0 Å². The van der Waals surface area contributed by atoms with Crippen molar-refractivity contribution in [2.75, 3.05) is 12.3 Å². The quantitative estimate of drug-likeness (QED) is 0.726. The van der Waals surface area contributed by atoms with E-state index >= 15 is 0 Å². The maximum absolute atomic E-state index is 11.6. The zero-order valence-electron chi connectivity index (χ0n) is 11.2. The van der Waals surface area contributed by atoms with Gasteiger partial charge in [-0.15, -0.1) is 0 Å². The number of hydrogen-bond donors (Lipinski definition) is 1. The number of hydrogen-bond acceptors (Lipinski definition) is 2. The molecule has 0 atom stereocenters. The lowest BCUT2D eigenvalue weighted by Gasteiger charge is -2.06. The molecule has 0 aromatic heterocycles. The number of carbonyl (C=O) groups is 1. The van der Waals surface area contributed by atoms with Gasteiger partial charge in [-0.1, -0.05) is 48.2 Å². The Kier molecular flexibility index (Phi) is 6.02. The largest absolute Gasteiger partial charge is 0.347 e. The minimum absolute atomic E-state index is 0.113. The van der Waals surface area contributed by atoms with Gasteiger partial charge in [0, 0.05) is 12.3 Å². The van der Waals surface area contributed by atoms with Gasteiger partial charge in [-0.3, -0.25) is 4.79 Å². The molecule has 19 heavy (non-hydrogen) atoms. The first-order valence-electron chi connectivity index (χ1n) is 6.98. The van der Waals surface area contributed by atoms with Gasteiger partial charge < -0.3 is 5.32 Å². The molecule has 1 aromatic carbocycles. The predicted molar refractivity (Wildman–Crippen MR) is 82.7 cm³/mol. The fraction of sp³-hybridized carbons (Fsp3) is 0.438. The van der Waals surface area contributed by atoms with Crippen molar-refractivity contribution in [3.63, 3.8) is 0 Å². The topological polar surface area (TPSA) is 29.1 Å². The summed E-state index contributed by atoms with van der Waals surface area (Å²) in [6.07, 6.45) is 9.82. The van der Waals surface area contributed by atoms with Crippen molar-refractivity contribution in [3.05, 3.63) is 47.5 Å². The predicted octanol–water partition coefficient (Wildman–Crippen LogP) is 3.95. The van der Waals surface area contributed by atoms with Gasteiger partial charge in [0.25, 0.3) is 5.24 Å². The van der Waals surface area contributed by atoms with E-state index in [1.54, 1.807) is 0 Å². The summed E-state index contributed by atoms with van der Waals surface area (Å²) in [7, 11) is 0. The van der Waals surface area contributed by atoms with E-state index in [4.69, 9.17) is 0 Å². The summed E-state index contributed by atoms with van der Waals surface area (Å²) in [5, 5.41) is 3.08. The van der Waals surface area contributed by atoms with Crippen LogP contribution in [-0.2, 0) is 12.8 Å². The molecule has 1 aliphatic rings. The van der Waals surface area contributed by atoms with E-state index < -0.39 is 0 Å². The second kappa shape index (κ2) is 8.05. The van der Waals surface area contributed by atoms with Crippen molar-refractivity contribution in [1.82, 2.24) is 5.32 Å². The van der Waals surface area contributed by atoms with Crippen molar-refractivity contribution in [1.29, 1.82) is 0 Å². The Morgan fingerprint density at radius 2 is 2.00 bits per heavy atom. The van der Waals surface area contributed by atoms with Crippen LogP contribution >= 0.6 is 11.8 Å². The SMILES string of the molecule is O=C1NCCc2cccc(c2)C/C=C\CCCCS1. The van der Waals surface area contributed by atoms with Crippen LogP contribution in [0.4, 0.5) is 4.79 Å². The molecule has 0 unspecified atom stereocenters. The molecular formula is C16H21NOS. The molecule has 1 heterocycles. The lowest BCUT2D eigenvalue weighted by atomic mass is 10.1. The molecular weight excluding hydrogens is 254 g/mol. The Labute approximate surface area is 119 Å². The number of benzene rings is 1. The standard InChI is InChI=1S/C16H21NOS/c18-16-17-11-10-15-9-6-8-14(13-15)7-4-2-1-3-5-12-19-16/h2,4,6,8-9,13H,1,3,5,7,10-12H2,(H,17,18)/b4-2-. The maximum atomic E-state index is 11.6. The number of fused-ring (bicyclic) bond motifs is 2. The highest BCUT2D eigenvalue weighted by Crippen LogP contribution is 2.11. The van der Waals surface area contributed by atoms with Gasteiger partial charge in [0.05, 0.1) is 0 Å². The van der Waals surface area contributed by atoms with Gasteiger partial charge in [-0.25, -0.2) is 0 Å². The molecule has 0 saturated carbocycles. The summed E-state index contributed by atoms with van der Waals surface area (Å²) in [5.74, 6) is 0.924. The first-order chi connectivity index (χ1) is 9.34. The monoisotopic (exact) mass is 275 g/mol. The number of thioether (sulfide) groups is 1. The molecule has 0 radical (unpaired) electrons. The molecule has 1 amide bonds. The molecule has 1 N–H and O–H groups in total. The van der Waals surface area contributed by atoms with E-state index in [1.165, 1.54) is 22.9 Å². The highest BCUT2D eigenvalue weighted by molar-refractivity contribution is 8.13. The van der Waals surface area contributed by atoms with Gasteiger partial charge in [0.1, 0.15) is 0 Å². The Bertz CT molecular complexity index is 442. The van der Waals surface area contributed by atoms with E-state index in [0.29, 0.717) is 0 Å². The van der Waals surface area contributed by atoms with Crippen molar-refractivity contribution in [2.24, 2.45) is 0 Å². The summed E-state index contributed by atoms with van der Waals surface area (Å²) in [5.41, 5.74) is 2.65. The lowest BCUT2D eigenvalue weighted by molar-refractivity contribution is 0.261. The van der Waals surface area contributed by atoms with Gasteiger partial charge in [0.2, 0.25) is 0 Å². The van der Waals surface area contributed by atoms with Crippen molar-refractivity contribution in [2.45, 2.75) is 32.1 Å². The van der Waals surface area contributed by atoms with E-state index in [-0.39, 0.29) is 5.24 Å². The van der Waals surface area contributed by atoms with Gasteiger partial charge in [0.15, 0.2) is 0 Å². The number of allylic oxidation sites excluding steroid dienone is 2. The lowest BCUT2D eigenvalue weighted by Crippen LogP contribution is -2.21. The van der Waals surface area contributed by atoms with E-state index in [2.05, 4.69) is 41.7 Å². The third-order valence-corrected chi connectivity index (χ3v) is 4.09. The molecule has 2 rings (SSSR count). The third-order valence-electron chi connectivity index (χ3n) is 3.19. The van der Waals surface area contributed by atoms with Crippen LogP contribution in [0.15, 0.2) is 36.4 Å². The Morgan fingerprint density at radius 1 is 1.11 bits per heavy atom. The highest BCUT2D eigenvalue weighted by atomic mass is 32.2. The molecule has 2 nitrogen and oxygen atoms in total. The normalized spacial score (nSPS) is 19.9. The second-order valence-electron chi connectivity index (χ2n) is 4.80. The summed E-state index contributed by atoms with van der Waals surface area (Å²) >= 11 is 1.41. The summed E-state index contributed by atoms with van der Waals surface area (Å²) < 4.78 is 0. The Morgan fingerprint density at radius 3 is 2.95 bits per heavy atom. The van der Waals surface area contributed by atoms with Gasteiger partial charge in [-0.05, 0) is 43.2 Å². The van der Waals surface area contributed by atoms with Crippen molar-refractivity contribution < 1.29 is 4.79 Å².